The Morgan fingerprint density at radius 3 is 1.17 bits per heavy atom. The SMILES string of the molecule is O=C(NCc1cccc(CNC(=O)C2c3ccccc3Oc3ccccc32)c1)C1c2ccccc2Oc2ccccc21. The summed E-state index contributed by atoms with van der Waals surface area (Å²) in [6, 6.07) is 38.5. The highest BCUT2D eigenvalue weighted by Crippen LogP contribution is 2.45. The number of ether oxygens (including phenoxy) is 2. The maximum absolute atomic E-state index is 13.5. The van der Waals surface area contributed by atoms with Crippen molar-refractivity contribution in [2.45, 2.75) is 24.9 Å². The molecule has 6 heteroatoms. The zero-order chi connectivity index (χ0) is 28.5. The number of carbonyl (C=O) groups excluding carboxylic acids is 2. The van der Waals surface area contributed by atoms with Gasteiger partial charge in [0.15, 0.2) is 0 Å². The van der Waals surface area contributed by atoms with Gasteiger partial charge in [-0.2, -0.15) is 0 Å². The van der Waals surface area contributed by atoms with E-state index in [9.17, 15) is 9.59 Å². The molecular weight excluding hydrogens is 524 g/mol. The molecule has 5 aromatic carbocycles. The molecular formula is C36H28N2O4. The number of rotatable bonds is 6. The molecule has 0 fully saturated rings. The summed E-state index contributed by atoms with van der Waals surface area (Å²) in [7, 11) is 0. The number of carbonyl (C=O) groups is 2. The molecule has 2 aliphatic rings. The number of benzene rings is 5. The molecule has 0 unspecified atom stereocenters. The predicted molar refractivity (Wildman–Crippen MR) is 160 cm³/mol. The van der Waals surface area contributed by atoms with Crippen molar-refractivity contribution in [2.24, 2.45) is 0 Å². The fourth-order valence-electron chi connectivity index (χ4n) is 5.82. The maximum atomic E-state index is 13.5. The fraction of sp³-hybridized carbons (Fsp3) is 0.111. The highest BCUT2D eigenvalue weighted by Gasteiger charge is 2.33. The van der Waals surface area contributed by atoms with Crippen LogP contribution in [0.1, 0.15) is 45.2 Å². The number of hydrogen-bond acceptors (Lipinski definition) is 4. The molecule has 2 aliphatic heterocycles. The minimum atomic E-state index is -0.459. The number of fused-ring (bicyclic) bond motifs is 4. The van der Waals surface area contributed by atoms with E-state index in [2.05, 4.69) is 10.6 Å². The van der Waals surface area contributed by atoms with E-state index < -0.39 is 11.8 Å². The molecule has 0 aromatic heterocycles. The van der Waals surface area contributed by atoms with Gasteiger partial charge in [0.2, 0.25) is 11.8 Å². The second kappa shape index (κ2) is 10.9. The van der Waals surface area contributed by atoms with E-state index >= 15 is 0 Å². The molecule has 42 heavy (non-hydrogen) atoms. The number of amides is 2. The van der Waals surface area contributed by atoms with Gasteiger partial charge in [-0.3, -0.25) is 9.59 Å². The Morgan fingerprint density at radius 2 is 0.810 bits per heavy atom. The number of hydrogen-bond donors (Lipinski definition) is 2. The second-order valence-electron chi connectivity index (χ2n) is 10.5. The van der Waals surface area contributed by atoms with Gasteiger partial charge in [0, 0.05) is 35.3 Å². The van der Waals surface area contributed by atoms with Gasteiger partial charge < -0.3 is 20.1 Å². The molecule has 0 spiro atoms. The Labute approximate surface area is 243 Å². The first-order chi connectivity index (χ1) is 20.7. The van der Waals surface area contributed by atoms with Crippen LogP contribution >= 0.6 is 0 Å². The van der Waals surface area contributed by atoms with Gasteiger partial charge >= 0.3 is 0 Å². The zero-order valence-electron chi connectivity index (χ0n) is 22.7. The van der Waals surface area contributed by atoms with E-state index in [1.54, 1.807) is 0 Å². The number of nitrogens with one attached hydrogen (secondary N) is 2. The van der Waals surface area contributed by atoms with E-state index in [0.29, 0.717) is 36.1 Å². The molecule has 206 valence electrons. The van der Waals surface area contributed by atoms with Crippen molar-refractivity contribution < 1.29 is 19.1 Å². The van der Waals surface area contributed by atoms with E-state index in [1.165, 1.54) is 0 Å². The van der Waals surface area contributed by atoms with Crippen molar-refractivity contribution in [3.8, 4) is 23.0 Å². The van der Waals surface area contributed by atoms with Gasteiger partial charge in [-0.25, -0.2) is 0 Å². The molecule has 6 nitrogen and oxygen atoms in total. The maximum Gasteiger partial charge on any atom is 0.232 e. The lowest BCUT2D eigenvalue weighted by molar-refractivity contribution is -0.122. The summed E-state index contributed by atoms with van der Waals surface area (Å²) in [5, 5.41) is 6.24. The van der Waals surface area contributed by atoms with Gasteiger partial charge in [0.05, 0.1) is 11.8 Å². The van der Waals surface area contributed by atoms with Gasteiger partial charge in [0.25, 0.3) is 0 Å². The zero-order valence-corrected chi connectivity index (χ0v) is 22.7. The van der Waals surface area contributed by atoms with Crippen LogP contribution in [0, 0.1) is 0 Å². The van der Waals surface area contributed by atoms with Gasteiger partial charge in [-0.15, -0.1) is 0 Å². The van der Waals surface area contributed by atoms with Crippen molar-refractivity contribution in [3.05, 3.63) is 155 Å². The molecule has 2 heterocycles. The Hall–Kier alpha value is -5.36. The van der Waals surface area contributed by atoms with Crippen LogP contribution in [0.25, 0.3) is 0 Å². The van der Waals surface area contributed by atoms with E-state index in [4.69, 9.17) is 9.47 Å². The van der Waals surface area contributed by atoms with E-state index in [-0.39, 0.29) is 11.8 Å². The molecule has 5 aromatic rings. The van der Waals surface area contributed by atoms with Crippen LogP contribution in [0.5, 0.6) is 23.0 Å². The third kappa shape index (κ3) is 4.77. The largest absolute Gasteiger partial charge is 0.457 e. The van der Waals surface area contributed by atoms with Gasteiger partial charge in [0.1, 0.15) is 23.0 Å². The van der Waals surface area contributed by atoms with Crippen molar-refractivity contribution in [3.63, 3.8) is 0 Å². The molecule has 0 saturated heterocycles. The summed E-state index contributed by atoms with van der Waals surface area (Å²) >= 11 is 0. The highest BCUT2D eigenvalue weighted by molar-refractivity contribution is 5.90. The summed E-state index contributed by atoms with van der Waals surface area (Å²) < 4.78 is 12.1. The highest BCUT2D eigenvalue weighted by atomic mass is 16.5. The van der Waals surface area contributed by atoms with E-state index in [1.807, 2.05) is 121 Å². The Morgan fingerprint density at radius 1 is 0.476 bits per heavy atom. The number of para-hydroxylation sites is 4. The van der Waals surface area contributed by atoms with Crippen LogP contribution in [0.3, 0.4) is 0 Å². The standard InChI is InChI=1S/C36H28N2O4/c39-35(33-25-12-1-5-16-29(25)41-30-17-6-2-13-26(30)33)37-21-23-10-9-11-24(20-23)22-38-36(40)34-27-14-3-7-18-31(27)42-32-19-8-4-15-28(32)34/h1-20,33-34H,21-22H2,(H,37,39)(H,38,40). The molecule has 0 atom stereocenters. The van der Waals surface area contributed by atoms with Crippen LogP contribution in [-0.2, 0) is 22.7 Å². The van der Waals surface area contributed by atoms with Gasteiger partial charge in [-0.1, -0.05) is 97.1 Å². The van der Waals surface area contributed by atoms with Crippen LogP contribution in [0.2, 0.25) is 0 Å². The van der Waals surface area contributed by atoms with Crippen LogP contribution < -0.4 is 20.1 Å². The van der Waals surface area contributed by atoms with Crippen LogP contribution in [-0.4, -0.2) is 11.8 Å². The summed E-state index contributed by atoms with van der Waals surface area (Å²) in [6.45, 7) is 0.728. The summed E-state index contributed by atoms with van der Waals surface area (Å²) in [6.07, 6.45) is 0. The smallest absolute Gasteiger partial charge is 0.232 e. The lowest BCUT2D eigenvalue weighted by Gasteiger charge is -2.27. The summed E-state index contributed by atoms with van der Waals surface area (Å²) in [4.78, 5) is 27.1. The van der Waals surface area contributed by atoms with Crippen molar-refractivity contribution >= 4 is 11.8 Å². The monoisotopic (exact) mass is 552 g/mol. The predicted octanol–water partition coefficient (Wildman–Crippen LogP) is 6.79. The molecule has 2 N–H and O–H groups in total. The molecule has 0 radical (unpaired) electrons. The van der Waals surface area contributed by atoms with Crippen molar-refractivity contribution in [2.75, 3.05) is 0 Å². The van der Waals surface area contributed by atoms with Crippen LogP contribution in [0.4, 0.5) is 0 Å². The lowest BCUT2D eigenvalue weighted by Crippen LogP contribution is -2.32. The van der Waals surface area contributed by atoms with Crippen molar-refractivity contribution in [1.82, 2.24) is 10.6 Å². The molecule has 0 saturated carbocycles. The molecule has 0 aliphatic carbocycles. The first-order valence-corrected chi connectivity index (χ1v) is 14.0. The molecule has 0 bridgehead atoms. The summed E-state index contributed by atoms with van der Waals surface area (Å²) in [5.41, 5.74) is 5.29. The Bertz CT molecular complexity index is 1590. The molecule has 2 amide bonds. The topological polar surface area (TPSA) is 76.7 Å². The lowest BCUT2D eigenvalue weighted by atomic mass is 9.87. The Kier molecular flexibility index (Phi) is 6.64. The average molecular weight is 553 g/mol. The minimum Gasteiger partial charge on any atom is -0.457 e. The van der Waals surface area contributed by atoms with Crippen molar-refractivity contribution in [1.29, 1.82) is 0 Å². The normalized spacial score (nSPS) is 13.3. The van der Waals surface area contributed by atoms with E-state index in [0.717, 1.165) is 33.4 Å². The average Bonchev–Trinajstić information content (AvgIpc) is 3.04. The molecule has 7 rings (SSSR count). The first-order valence-electron chi connectivity index (χ1n) is 14.0. The van der Waals surface area contributed by atoms with Gasteiger partial charge in [-0.05, 0) is 35.4 Å². The fourth-order valence-corrected chi connectivity index (χ4v) is 5.82. The third-order valence-electron chi connectivity index (χ3n) is 7.81. The second-order valence-corrected chi connectivity index (χ2v) is 10.5. The quantitative estimate of drug-likeness (QED) is 0.243. The first kappa shape index (κ1) is 25.6. The van der Waals surface area contributed by atoms with Crippen LogP contribution in [0.15, 0.2) is 121 Å². The summed E-state index contributed by atoms with van der Waals surface area (Å²) in [5.74, 6) is 1.70. The minimum absolute atomic E-state index is 0.0891. The Balaban J connectivity index is 1.04. The third-order valence-corrected chi connectivity index (χ3v) is 7.81.